The van der Waals surface area contributed by atoms with Crippen molar-refractivity contribution >= 4 is 5.91 Å². The molecular weight excluding hydrogens is 450 g/mol. The number of likely N-dealkylation sites (tertiary alicyclic amines) is 2. The van der Waals surface area contributed by atoms with E-state index in [0.717, 1.165) is 48.7 Å². The molecule has 2 aliphatic heterocycles. The van der Waals surface area contributed by atoms with Crippen LogP contribution in [0.3, 0.4) is 0 Å². The van der Waals surface area contributed by atoms with Crippen molar-refractivity contribution in [1.29, 1.82) is 0 Å². The van der Waals surface area contributed by atoms with E-state index in [1.54, 1.807) is 12.3 Å². The molecular formula is C30H41N3O3. The Hall–Kier alpha value is -2.44. The SMILES string of the molecule is CCC1CC2(O)C(C)N(CC3CC3)CCC2(c2cc(O)ccc2C)CCN1C(=O)Cc1ccccn1. The lowest BCUT2D eigenvalue weighted by atomic mass is 9.56. The Bertz CT molecular complexity index is 1090. The average Bonchev–Trinajstić information content (AvgIpc) is 3.70. The second kappa shape index (κ2) is 9.79. The van der Waals surface area contributed by atoms with Crippen molar-refractivity contribution in [2.75, 3.05) is 19.6 Å². The number of piperidine rings is 1. The number of benzene rings is 1. The van der Waals surface area contributed by atoms with Gasteiger partial charge in [0.15, 0.2) is 0 Å². The summed E-state index contributed by atoms with van der Waals surface area (Å²) in [5.74, 6) is 1.06. The molecule has 0 bridgehead atoms. The van der Waals surface area contributed by atoms with Gasteiger partial charge in [-0.3, -0.25) is 14.7 Å². The molecule has 6 nitrogen and oxygen atoms in total. The number of pyridine rings is 1. The molecule has 4 atom stereocenters. The van der Waals surface area contributed by atoms with Crippen molar-refractivity contribution in [2.45, 2.75) is 88.8 Å². The molecule has 194 valence electrons. The van der Waals surface area contributed by atoms with Crippen molar-refractivity contribution < 1.29 is 15.0 Å². The van der Waals surface area contributed by atoms with Gasteiger partial charge in [-0.2, -0.15) is 0 Å². The van der Waals surface area contributed by atoms with E-state index >= 15 is 0 Å². The van der Waals surface area contributed by atoms with E-state index in [4.69, 9.17) is 0 Å². The lowest BCUT2D eigenvalue weighted by Gasteiger charge is -2.58. The van der Waals surface area contributed by atoms with E-state index in [0.29, 0.717) is 19.4 Å². The third-order valence-corrected chi connectivity index (χ3v) is 9.44. The van der Waals surface area contributed by atoms with Crippen LogP contribution in [-0.2, 0) is 16.6 Å². The maximum atomic E-state index is 13.6. The smallest absolute Gasteiger partial charge is 0.228 e. The molecule has 6 heteroatoms. The first-order valence-electron chi connectivity index (χ1n) is 13.7. The molecule has 1 aliphatic carbocycles. The van der Waals surface area contributed by atoms with Gasteiger partial charge in [-0.05, 0) is 100 Å². The molecule has 1 aromatic carbocycles. The number of aliphatic hydroxyl groups is 1. The number of aryl methyl sites for hydroxylation is 1. The van der Waals surface area contributed by atoms with Crippen LogP contribution in [0.1, 0.15) is 69.2 Å². The highest BCUT2D eigenvalue weighted by molar-refractivity contribution is 5.78. The van der Waals surface area contributed by atoms with E-state index in [-0.39, 0.29) is 30.2 Å². The van der Waals surface area contributed by atoms with E-state index in [2.05, 4.69) is 30.7 Å². The first kappa shape index (κ1) is 25.2. The van der Waals surface area contributed by atoms with Gasteiger partial charge >= 0.3 is 0 Å². The first-order valence-corrected chi connectivity index (χ1v) is 13.7. The quantitative estimate of drug-likeness (QED) is 0.633. The minimum atomic E-state index is -1.01. The summed E-state index contributed by atoms with van der Waals surface area (Å²) in [6.07, 6.45) is 7.41. The average molecular weight is 492 g/mol. The van der Waals surface area contributed by atoms with Gasteiger partial charge in [-0.1, -0.05) is 19.1 Å². The van der Waals surface area contributed by atoms with Gasteiger partial charge in [-0.25, -0.2) is 0 Å². The molecule has 1 saturated carbocycles. The summed E-state index contributed by atoms with van der Waals surface area (Å²) in [6, 6.07) is 11.2. The van der Waals surface area contributed by atoms with Crippen LogP contribution in [0, 0.1) is 12.8 Å². The van der Waals surface area contributed by atoms with Gasteiger partial charge in [0.05, 0.1) is 12.0 Å². The normalized spacial score (nSPS) is 31.1. The standard InChI is InChI=1S/C30H41N3O3/c1-4-25-19-30(36)22(3)32(20-23-9-10-23)15-12-29(30,27-18-26(34)11-8-21(27)2)13-16-33(25)28(35)17-24-7-5-6-14-31-24/h5-8,11,14,18,22-23,25,34,36H,4,9-10,12-13,15-17,19-20H2,1-3H3. The van der Waals surface area contributed by atoms with E-state index in [9.17, 15) is 15.0 Å². The number of rotatable bonds is 6. The number of phenols is 1. The van der Waals surface area contributed by atoms with Gasteiger partial charge < -0.3 is 15.1 Å². The fourth-order valence-corrected chi connectivity index (χ4v) is 7.08. The van der Waals surface area contributed by atoms with Crippen molar-refractivity contribution in [2.24, 2.45) is 5.92 Å². The summed E-state index contributed by atoms with van der Waals surface area (Å²) in [7, 11) is 0. The summed E-state index contributed by atoms with van der Waals surface area (Å²) < 4.78 is 0. The van der Waals surface area contributed by atoms with E-state index in [1.807, 2.05) is 35.2 Å². The molecule has 3 heterocycles. The van der Waals surface area contributed by atoms with Crippen LogP contribution in [0.15, 0.2) is 42.6 Å². The number of aromatic nitrogens is 1. The molecule has 4 unspecified atom stereocenters. The van der Waals surface area contributed by atoms with Crippen LogP contribution in [-0.4, -0.2) is 68.2 Å². The zero-order valence-corrected chi connectivity index (χ0v) is 22.0. The van der Waals surface area contributed by atoms with Gasteiger partial charge in [-0.15, -0.1) is 0 Å². The number of carbonyl (C=O) groups excluding carboxylic acids is 1. The molecule has 2 saturated heterocycles. The molecule has 1 amide bonds. The predicted octanol–water partition coefficient (Wildman–Crippen LogP) is 4.21. The Labute approximate surface area is 215 Å². The number of fused-ring (bicyclic) bond motifs is 1. The number of nitrogens with zero attached hydrogens (tertiary/aromatic N) is 3. The van der Waals surface area contributed by atoms with Crippen LogP contribution in [0.25, 0.3) is 0 Å². The molecule has 2 aromatic rings. The highest BCUT2D eigenvalue weighted by atomic mass is 16.3. The molecule has 3 aliphatic rings. The highest BCUT2D eigenvalue weighted by Crippen LogP contribution is 2.54. The monoisotopic (exact) mass is 491 g/mol. The molecule has 3 fully saturated rings. The van der Waals surface area contributed by atoms with Crippen LogP contribution >= 0.6 is 0 Å². The molecule has 36 heavy (non-hydrogen) atoms. The molecule has 1 aromatic heterocycles. The maximum Gasteiger partial charge on any atom is 0.228 e. The van der Waals surface area contributed by atoms with Gasteiger partial charge in [0.2, 0.25) is 5.91 Å². The number of carbonyl (C=O) groups is 1. The largest absolute Gasteiger partial charge is 0.508 e. The number of phenolic OH excluding ortho intramolecular Hbond substituents is 1. The van der Waals surface area contributed by atoms with Gasteiger partial charge in [0.1, 0.15) is 5.75 Å². The third-order valence-electron chi connectivity index (χ3n) is 9.44. The fourth-order valence-electron chi connectivity index (χ4n) is 7.08. The second-order valence-corrected chi connectivity index (χ2v) is 11.5. The lowest BCUT2D eigenvalue weighted by molar-refractivity contribution is -0.143. The Morgan fingerprint density at radius 2 is 1.94 bits per heavy atom. The highest BCUT2D eigenvalue weighted by Gasteiger charge is 2.61. The first-order chi connectivity index (χ1) is 17.3. The summed E-state index contributed by atoms with van der Waals surface area (Å²) in [5.41, 5.74) is 1.37. The Morgan fingerprint density at radius 3 is 2.64 bits per heavy atom. The third kappa shape index (κ3) is 4.43. The Morgan fingerprint density at radius 1 is 1.17 bits per heavy atom. The zero-order valence-electron chi connectivity index (χ0n) is 22.0. The summed E-state index contributed by atoms with van der Waals surface area (Å²) in [4.78, 5) is 22.5. The van der Waals surface area contributed by atoms with Crippen LogP contribution in [0.4, 0.5) is 0 Å². The topological polar surface area (TPSA) is 76.9 Å². The van der Waals surface area contributed by atoms with Crippen molar-refractivity contribution in [3.8, 4) is 5.75 Å². The fraction of sp³-hybridized carbons (Fsp3) is 0.600. The van der Waals surface area contributed by atoms with E-state index < -0.39 is 11.0 Å². The predicted molar refractivity (Wildman–Crippen MR) is 141 cm³/mol. The number of aromatic hydroxyl groups is 1. The van der Waals surface area contributed by atoms with Crippen LogP contribution in [0.5, 0.6) is 5.75 Å². The van der Waals surface area contributed by atoms with Crippen molar-refractivity contribution in [3.63, 3.8) is 0 Å². The number of hydrogen-bond donors (Lipinski definition) is 2. The second-order valence-electron chi connectivity index (χ2n) is 11.5. The zero-order chi connectivity index (χ0) is 25.5. The molecule has 5 rings (SSSR count). The maximum absolute atomic E-state index is 13.6. The lowest BCUT2D eigenvalue weighted by Crippen LogP contribution is -2.68. The number of hydrogen-bond acceptors (Lipinski definition) is 5. The van der Waals surface area contributed by atoms with Crippen LogP contribution in [0.2, 0.25) is 0 Å². The molecule has 2 N–H and O–H groups in total. The van der Waals surface area contributed by atoms with E-state index in [1.165, 1.54) is 12.8 Å². The van der Waals surface area contributed by atoms with Gasteiger partial charge in [0, 0.05) is 42.5 Å². The minimum Gasteiger partial charge on any atom is -0.508 e. The Balaban J connectivity index is 1.54. The number of amides is 1. The molecule has 0 radical (unpaired) electrons. The minimum absolute atomic E-state index is 0.0338. The Kier molecular flexibility index (Phi) is 6.86. The van der Waals surface area contributed by atoms with Crippen LogP contribution < -0.4 is 0 Å². The van der Waals surface area contributed by atoms with Crippen molar-refractivity contribution in [1.82, 2.24) is 14.8 Å². The molecule has 0 spiro atoms. The summed E-state index contributed by atoms with van der Waals surface area (Å²) >= 11 is 0. The van der Waals surface area contributed by atoms with Gasteiger partial charge in [0.25, 0.3) is 0 Å². The summed E-state index contributed by atoms with van der Waals surface area (Å²) in [5, 5.41) is 23.4. The summed E-state index contributed by atoms with van der Waals surface area (Å²) in [6.45, 7) is 8.95. The van der Waals surface area contributed by atoms with Crippen molar-refractivity contribution in [3.05, 3.63) is 59.4 Å².